The number of fused-ring (bicyclic) bond motifs is 1. The predicted octanol–water partition coefficient (Wildman–Crippen LogP) is 2.45. The molecule has 2 aromatic rings. The summed E-state index contributed by atoms with van der Waals surface area (Å²) < 4.78 is 29.0. The zero-order chi connectivity index (χ0) is 14.3. The van der Waals surface area contributed by atoms with Crippen molar-refractivity contribution >= 4 is 27.3 Å². The number of pyridine rings is 1. The van der Waals surface area contributed by atoms with E-state index in [1.54, 1.807) is 24.4 Å². The summed E-state index contributed by atoms with van der Waals surface area (Å²) in [7, 11) is -3.73. The molecular formula is C12H16ClN3O2S. The molecule has 0 spiro atoms. The maximum absolute atomic E-state index is 12.4. The number of aromatic nitrogens is 2. The van der Waals surface area contributed by atoms with Gasteiger partial charge >= 0.3 is 0 Å². The van der Waals surface area contributed by atoms with Crippen LogP contribution >= 0.6 is 11.6 Å². The number of nitrogens with one attached hydrogen (secondary N) is 1. The Morgan fingerprint density at radius 3 is 2.74 bits per heavy atom. The summed E-state index contributed by atoms with van der Waals surface area (Å²) in [6.45, 7) is 5.56. The van der Waals surface area contributed by atoms with E-state index in [0.29, 0.717) is 12.1 Å². The van der Waals surface area contributed by atoms with E-state index in [4.69, 9.17) is 11.6 Å². The van der Waals surface area contributed by atoms with E-state index >= 15 is 0 Å². The largest absolute Gasteiger partial charge is 0.288 e. The van der Waals surface area contributed by atoms with Crippen LogP contribution in [0.1, 0.15) is 27.2 Å². The Morgan fingerprint density at radius 1 is 1.42 bits per heavy atom. The summed E-state index contributed by atoms with van der Waals surface area (Å²) in [5, 5.41) is -0.0445. The lowest BCUT2D eigenvalue weighted by molar-refractivity contribution is 0.438. The Balaban J connectivity index is 2.58. The maximum Gasteiger partial charge on any atom is 0.260 e. The van der Waals surface area contributed by atoms with Crippen molar-refractivity contribution < 1.29 is 8.42 Å². The van der Waals surface area contributed by atoms with Gasteiger partial charge in [-0.25, -0.2) is 18.1 Å². The SMILES string of the molecule is CCC(C)(C)NS(=O)(=O)c1c(Cl)nc2ccccn12. The molecule has 0 aliphatic heterocycles. The smallest absolute Gasteiger partial charge is 0.260 e. The van der Waals surface area contributed by atoms with Gasteiger partial charge in [0.2, 0.25) is 0 Å². The molecule has 19 heavy (non-hydrogen) atoms. The summed E-state index contributed by atoms with van der Waals surface area (Å²) >= 11 is 5.97. The first kappa shape index (κ1) is 14.3. The number of imidazole rings is 1. The van der Waals surface area contributed by atoms with E-state index < -0.39 is 15.6 Å². The molecule has 0 aliphatic rings. The quantitative estimate of drug-likeness (QED) is 0.943. The Morgan fingerprint density at radius 2 is 2.11 bits per heavy atom. The molecule has 2 aromatic heterocycles. The van der Waals surface area contributed by atoms with Crippen molar-refractivity contribution in [2.75, 3.05) is 0 Å². The van der Waals surface area contributed by atoms with Crippen molar-refractivity contribution in [2.24, 2.45) is 0 Å². The molecule has 0 saturated carbocycles. The van der Waals surface area contributed by atoms with Crippen molar-refractivity contribution in [1.82, 2.24) is 14.1 Å². The van der Waals surface area contributed by atoms with Crippen molar-refractivity contribution in [3.8, 4) is 0 Å². The fourth-order valence-electron chi connectivity index (χ4n) is 1.67. The standard InChI is InChI=1S/C12H16ClN3O2S/c1-4-12(2,3)15-19(17,18)11-10(13)14-9-7-5-6-8-16(9)11/h5-8,15H,4H2,1-3H3. The van der Waals surface area contributed by atoms with Gasteiger partial charge in [-0.1, -0.05) is 24.6 Å². The highest BCUT2D eigenvalue weighted by molar-refractivity contribution is 7.89. The van der Waals surface area contributed by atoms with Crippen molar-refractivity contribution in [2.45, 2.75) is 37.8 Å². The fraction of sp³-hybridized carbons (Fsp3) is 0.417. The summed E-state index contributed by atoms with van der Waals surface area (Å²) in [5.74, 6) is 0. The minimum atomic E-state index is -3.73. The molecule has 2 rings (SSSR count). The van der Waals surface area contributed by atoms with Crippen LogP contribution in [0.25, 0.3) is 5.65 Å². The van der Waals surface area contributed by atoms with E-state index in [2.05, 4.69) is 9.71 Å². The van der Waals surface area contributed by atoms with E-state index in [9.17, 15) is 8.42 Å². The Kier molecular flexibility index (Phi) is 3.59. The third-order valence-electron chi connectivity index (χ3n) is 3.00. The van der Waals surface area contributed by atoms with Crippen molar-refractivity contribution in [3.05, 3.63) is 29.5 Å². The van der Waals surface area contributed by atoms with Gasteiger partial charge in [0, 0.05) is 11.7 Å². The van der Waals surface area contributed by atoms with E-state index in [1.165, 1.54) is 4.40 Å². The molecule has 0 fully saturated rings. The number of sulfonamides is 1. The van der Waals surface area contributed by atoms with Gasteiger partial charge in [0.15, 0.2) is 10.2 Å². The third-order valence-corrected chi connectivity index (χ3v) is 5.09. The average Bonchev–Trinajstić information content (AvgIpc) is 2.64. The van der Waals surface area contributed by atoms with Crippen LogP contribution in [-0.2, 0) is 10.0 Å². The first-order valence-corrected chi connectivity index (χ1v) is 7.79. The van der Waals surface area contributed by atoms with Gasteiger partial charge < -0.3 is 0 Å². The number of nitrogens with zero attached hydrogens (tertiary/aromatic N) is 2. The van der Waals surface area contributed by atoms with Crippen molar-refractivity contribution in [1.29, 1.82) is 0 Å². The zero-order valence-electron chi connectivity index (χ0n) is 11.0. The number of hydrogen-bond acceptors (Lipinski definition) is 3. The summed E-state index contributed by atoms with van der Waals surface area (Å²) in [5.41, 5.74) is -0.0386. The second-order valence-electron chi connectivity index (χ2n) is 4.98. The minimum Gasteiger partial charge on any atom is -0.288 e. The van der Waals surface area contributed by atoms with Gasteiger partial charge in [-0.2, -0.15) is 0 Å². The number of hydrogen-bond donors (Lipinski definition) is 1. The second-order valence-corrected chi connectivity index (χ2v) is 6.94. The van der Waals surface area contributed by atoms with Crippen LogP contribution < -0.4 is 4.72 Å². The number of rotatable bonds is 4. The molecule has 0 aliphatic carbocycles. The molecule has 0 radical (unpaired) electrons. The molecule has 0 aromatic carbocycles. The molecule has 2 heterocycles. The molecule has 7 heteroatoms. The minimum absolute atomic E-state index is 0.0220. The van der Waals surface area contributed by atoms with Gasteiger partial charge in [0.05, 0.1) is 0 Å². The van der Waals surface area contributed by atoms with E-state index in [0.717, 1.165) is 0 Å². The van der Waals surface area contributed by atoms with Crippen LogP contribution in [0.3, 0.4) is 0 Å². The number of halogens is 1. The molecule has 0 atom stereocenters. The van der Waals surface area contributed by atoms with Crippen molar-refractivity contribution in [3.63, 3.8) is 0 Å². The second kappa shape index (κ2) is 4.77. The lowest BCUT2D eigenvalue weighted by Gasteiger charge is -2.23. The molecule has 104 valence electrons. The van der Waals surface area contributed by atoms with Crippen LogP contribution in [0.2, 0.25) is 5.15 Å². The normalized spacial score (nSPS) is 13.1. The summed E-state index contributed by atoms with van der Waals surface area (Å²) in [6.07, 6.45) is 2.29. The van der Waals surface area contributed by atoms with Gasteiger partial charge in [0.1, 0.15) is 5.65 Å². The zero-order valence-corrected chi connectivity index (χ0v) is 12.6. The van der Waals surface area contributed by atoms with Gasteiger partial charge in [-0.15, -0.1) is 0 Å². The Labute approximate surface area is 117 Å². The molecular weight excluding hydrogens is 286 g/mol. The van der Waals surface area contributed by atoms with E-state index in [-0.39, 0.29) is 10.2 Å². The van der Waals surface area contributed by atoms with E-state index in [1.807, 2.05) is 20.8 Å². The topological polar surface area (TPSA) is 63.5 Å². The first-order valence-electron chi connectivity index (χ1n) is 5.93. The highest BCUT2D eigenvalue weighted by atomic mass is 35.5. The van der Waals surface area contributed by atoms with Crippen LogP contribution in [0.15, 0.2) is 29.4 Å². The Hall–Kier alpha value is -1.11. The predicted molar refractivity (Wildman–Crippen MR) is 74.9 cm³/mol. The lowest BCUT2D eigenvalue weighted by Crippen LogP contribution is -2.43. The third kappa shape index (κ3) is 2.75. The molecule has 0 bridgehead atoms. The lowest BCUT2D eigenvalue weighted by atomic mass is 10.0. The van der Waals surface area contributed by atoms with Crippen LogP contribution in [-0.4, -0.2) is 23.3 Å². The van der Waals surface area contributed by atoms with Gasteiger partial charge in [0.25, 0.3) is 10.0 Å². The average molecular weight is 302 g/mol. The molecule has 1 N–H and O–H groups in total. The summed E-state index contributed by atoms with van der Waals surface area (Å²) in [6, 6.07) is 5.21. The highest BCUT2D eigenvalue weighted by Crippen LogP contribution is 2.24. The fourth-order valence-corrected chi connectivity index (χ4v) is 3.80. The molecule has 0 saturated heterocycles. The maximum atomic E-state index is 12.4. The van der Waals surface area contributed by atoms with Gasteiger partial charge in [-0.05, 0) is 32.4 Å². The van der Waals surface area contributed by atoms with Gasteiger partial charge in [-0.3, -0.25) is 4.40 Å². The molecule has 5 nitrogen and oxygen atoms in total. The summed E-state index contributed by atoms with van der Waals surface area (Å²) in [4.78, 5) is 4.04. The van der Waals surface area contributed by atoms with Crippen LogP contribution in [0.4, 0.5) is 0 Å². The van der Waals surface area contributed by atoms with Crippen LogP contribution in [0, 0.1) is 0 Å². The monoisotopic (exact) mass is 301 g/mol. The first-order chi connectivity index (χ1) is 8.77. The highest BCUT2D eigenvalue weighted by Gasteiger charge is 2.29. The molecule has 0 unspecified atom stereocenters. The molecule has 0 amide bonds. The van der Waals surface area contributed by atoms with Crippen LogP contribution in [0.5, 0.6) is 0 Å². The Bertz CT molecular complexity index is 707.